The van der Waals surface area contributed by atoms with Gasteiger partial charge >= 0.3 is 0 Å². The Bertz CT molecular complexity index is 584. The third-order valence-corrected chi connectivity index (χ3v) is 5.76. The minimum atomic E-state index is -3.59. The molecule has 0 spiro atoms. The highest BCUT2D eigenvalue weighted by Crippen LogP contribution is 2.29. The SMILES string of the molecule is Cc1ccc(N)c(C)c1S(=O)(=O)N1CCC[C@H](O)C1. The number of aliphatic hydroxyl groups is 1. The highest BCUT2D eigenvalue weighted by Gasteiger charge is 2.31. The molecule has 0 amide bonds. The van der Waals surface area contributed by atoms with Gasteiger partial charge in [0, 0.05) is 18.8 Å². The second kappa shape index (κ2) is 5.11. The van der Waals surface area contributed by atoms with Gasteiger partial charge in [0.05, 0.1) is 11.0 Å². The number of aryl methyl sites for hydroxylation is 1. The van der Waals surface area contributed by atoms with E-state index in [1.165, 1.54) is 4.31 Å². The second-order valence-electron chi connectivity index (χ2n) is 5.08. The van der Waals surface area contributed by atoms with E-state index in [0.717, 1.165) is 0 Å². The first-order chi connectivity index (χ1) is 8.84. The van der Waals surface area contributed by atoms with Gasteiger partial charge in [0.1, 0.15) is 0 Å². The van der Waals surface area contributed by atoms with E-state index in [1.54, 1.807) is 26.0 Å². The van der Waals surface area contributed by atoms with Crippen LogP contribution in [0.25, 0.3) is 0 Å². The van der Waals surface area contributed by atoms with E-state index in [4.69, 9.17) is 5.73 Å². The van der Waals surface area contributed by atoms with Crippen molar-refractivity contribution in [2.45, 2.75) is 37.7 Å². The van der Waals surface area contributed by atoms with Gasteiger partial charge in [-0.25, -0.2) is 8.42 Å². The zero-order valence-electron chi connectivity index (χ0n) is 11.3. The molecule has 5 nitrogen and oxygen atoms in total. The number of hydrogen-bond donors (Lipinski definition) is 2. The Morgan fingerprint density at radius 3 is 2.68 bits per heavy atom. The summed E-state index contributed by atoms with van der Waals surface area (Å²) < 4.78 is 26.7. The van der Waals surface area contributed by atoms with Gasteiger partial charge in [-0.1, -0.05) is 6.07 Å². The number of β-amino-alcohol motifs (C(OH)–C–C–N with tert-alkyl or cyclic N) is 1. The lowest BCUT2D eigenvalue weighted by Gasteiger charge is -2.30. The van der Waals surface area contributed by atoms with Gasteiger partial charge in [0.2, 0.25) is 10.0 Å². The van der Waals surface area contributed by atoms with E-state index in [2.05, 4.69) is 0 Å². The maximum absolute atomic E-state index is 12.7. The number of anilines is 1. The molecule has 2 rings (SSSR count). The topological polar surface area (TPSA) is 83.6 Å². The van der Waals surface area contributed by atoms with Crippen molar-refractivity contribution >= 4 is 15.7 Å². The maximum atomic E-state index is 12.7. The van der Waals surface area contributed by atoms with Gasteiger partial charge in [-0.3, -0.25) is 0 Å². The molecule has 3 N–H and O–H groups in total. The Hall–Kier alpha value is -1.11. The van der Waals surface area contributed by atoms with E-state index in [0.29, 0.717) is 36.2 Å². The Kier molecular flexibility index (Phi) is 3.85. The van der Waals surface area contributed by atoms with E-state index in [-0.39, 0.29) is 11.4 Å². The van der Waals surface area contributed by atoms with Crippen LogP contribution in [0.2, 0.25) is 0 Å². The fraction of sp³-hybridized carbons (Fsp3) is 0.538. The van der Waals surface area contributed by atoms with Gasteiger partial charge in [-0.05, 0) is 43.9 Å². The van der Waals surface area contributed by atoms with Crippen molar-refractivity contribution in [3.8, 4) is 0 Å². The van der Waals surface area contributed by atoms with Gasteiger partial charge in [0.15, 0.2) is 0 Å². The number of benzene rings is 1. The standard InChI is InChI=1S/C13H20N2O3S/c1-9-5-6-12(14)10(2)13(9)19(17,18)15-7-3-4-11(16)8-15/h5-6,11,16H,3-4,7-8,14H2,1-2H3/t11-/m0/s1. The van der Waals surface area contributed by atoms with E-state index in [1.807, 2.05) is 0 Å². The molecule has 1 fully saturated rings. The number of sulfonamides is 1. The summed E-state index contributed by atoms with van der Waals surface area (Å²) in [5.74, 6) is 0. The lowest BCUT2D eigenvalue weighted by atomic mass is 10.1. The third-order valence-electron chi connectivity index (χ3n) is 3.60. The zero-order valence-corrected chi connectivity index (χ0v) is 12.1. The van der Waals surface area contributed by atoms with Crippen LogP contribution in [0.15, 0.2) is 17.0 Å². The summed E-state index contributed by atoms with van der Waals surface area (Å²) in [4.78, 5) is 0.279. The van der Waals surface area contributed by atoms with Crippen LogP contribution in [-0.2, 0) is 10.0 Å². The number of hydrogen-bond acceptors (Lipinski definition) is 4. The number of piperidine rings is 1. The molecule has 0 saturated carbocycles. The highest BCUT2D eigenvalue weighted by molar-refractivity contribution is 7.89. The lowest BCUT2D eigenvalue weighted by Crippen LogP contribution is -2.42. The monoisotopic (exact) mass is 284 g/mol. The first-order valence-electron chi connectivity index (χ1n) is 6.38. The van der Waals surface area contributed by atoms with Crippen molar-refractivity contribution in [3.63, 3.8) is 0 Å². The van der Waals surface area contributed by atoms with Crippen LogP contribution < -0.4 is 5.73 Å². The zero-order chi connectivity index (χ0) is 14.2. The average Bonchev–Trinajstić information content (AvgIpc) is 2.34. The Morgan fingerprint density at radius 2 is 2.05 bits per heavy atom. The smallest absolute Gasteiger partial charge is 0.243 e. The van der Waals surface area contributed by atoms with E-state index < -0.39 is 16.1 Å². The summed E-state index contributed by atoms with van der Waals surface area (Å²) in [7, 11) is -3.59. The lowest BCUT2D eigenvalue weighted by molar-refractivity contribution is 0.108. The molecule has 0 aliphatic carbocycles. The van der Waals surface area contributed by atoms with Gasteiger partial charge in [-0.2, -0.15) is 4.31 Å². The molecule has 1 aliphatic rings. The predicted octanol–water partition coefficient (Wildman–Crippen LogP) is 1.03. The van der Waals surface area contributed by atoms with Crippen molar-refractivity contribution in [2.24, 2.45) is 0 Å². The van der Waals surface area contributed by atoms with Crippen LogP contribution >= 0.6 is 0 Å². The Labute approximate surface area is 114 Å². The molecule has 1 aliphatic heterocycles. The van der Waals surface area contributed by atoms with Crippen molar-refractivity contribution < 1.29 is 13.5 Å². The summed E-state index contributed by atoms with van der Waals surface area (Å²) in [5, 5.41) is 9.65. The Morgan fingerprint density at radius 1 is 1.37 bits per heavy atom. The summed E-state index contributed by atoms with van der Waals surface area (Å²) in [6.07, 6.45) is 0.757. The van der Waals surface area contributed by atoms with Crippen LogP contribution in [0.3, 0.4) is 0 Å². The number of aliphatic hydroxyl groups excluding tert-OH is 1. The molecule has 1 saturated heterocycles. The van der Waals surface area contributed by atoms with Gasteiger partial charge in [-0.15, -0.1) is 0 Å². The molecule has 6 heteroatoms. The summed E-state index contributed by atoms with van der Waals surface area (Å²) in [6, 6.07) is 3.43. The van der Waals surface area contributed by atoms with Crippen molar-refractivity contribution in [3.05, 3.63) is 23.3 Å². The molecule has 0 aromatic heterocycles. The van der Waals surface area contributed by atoms with Gasteiger partial charge < -0.3 is 10.8 Å². The molecule has 0 unspecified atom stereocenters. The predicted molar refractivity (Wildman–Crippen MR) is 74.3 cm³/mol. The molecule has 0 radical (unpaired) electrons. The molecule has 1 aromatic rings. The third kappa shape index (κ3) is 2.61. The molecule has 0 bridgehead atoms. The minimum absolute atomic E-state index is 0.163. The first-order valence-corrected chi connectivity index (χ1v) is 7.82. The number of nitrogens with zero attached hydrogens (tertiary/aromatic N) is 1. The number of nitrogen functional groups attached to an aromatic ring is 1. The molecule has 19 heavy (non-hydrogen) atoms. The molecule has 106 valence electrons. The maximum Gasteiger partial charge on any atom is 0.243 e. The molecular weight excluding hydrogens is 264 g/mol. The Balaban J connectivity index is 2.48. The molecule has 1 aromatic carbocycles. The van der Waals surface area contributed by atoms with Crippen molar-refractivity contribution in [1.82, 2.24) is 4.31 Å². The largest absolute Gasteiger partial charge is 0.398 e. The normalized spacial score (nSPS) is 21.5. The fourth-order valence-electron chi connectivity index (χ4n) is 2.51. The molecular formula is C13H20N2O3S. The van der Waals surface area contributed by atoms with Crippen molar-refractivity contribution in [2.75, 3.05) is 18.8 Å². The highest BCUT2D eigenvalue weighted by atomic mass is 32.2. The summed E-state index contributed by atoms with van der Waals surface area (Å²) in [6.45, 7) is 4.10. The van der Waals surface area contributed by atoms with Crippen LogP contribution in [0, 0.1) is 13.8 Å². The second-order valence-corrected chi connectivity index (χ2v) is 6.96. The minimum Gasteiger partial charge on any atom is -0.398 e. The van der Waals surface area contributed by atoms with Crippen LogP contribution in [0.1, 0.15) is 24.0 Å². The molecule has 1 heterocycles. The first kappa shape index (κ1) is 14.3. The summed E-state index contributed by atoms with van der Waals surface area (Å²) >= 11 is 0. The van der Waals surface area contributed by atoms with Gasteiger partial charge in [0.25, 0.3) is 0 Å². The average molecular weight is 284 g/mol. The number of rotatable bonds is 2. The fourth-order valence-corrected chi connectivity index (χ4v) is 4.48. The van der Waals surface area contributed by atoms with E-state index >= 15 is 0 Å². The van der Waals surface area contributed by atoms with Crippen LogP contribution in [0.4, 0.5) is 5.69 Å². The van der Waals surface area contributed by atoms with Crippen molar-refractivity contribution in [1.29, 1.82) is 0 Å². The van der Waals surface area contributed by atoms with Crippen LogP contribution in [-0.4, -0.2) is 37.0 Å². The summed E-state index contributed by atoms with van der Waals surface area (Å²) in [5.41, 5.74) is 7.55. The molecule has 1 atom stereocenters. The van der Waals surface area contributed by atoms with Crippen LogP contribution in [0.5, 0.6) is 0 Å². The number of nitrogens with two attached hydrogens (primary N) is 1. The van der Waals surface area contributed by atoms with E-state index in [9.17, 15) is 13.5 Å². The quantitative estimate of drug-likeness (QED) is 0.795.